The lowest BCUT2D eigenvalue weighted by Gasteiger charge is -2.33. The molecule has 2 unspecified atom stereocenters. The summed E-state index contributed by atoms with van der Waals surface area (Å²) < 4.78 is 75.1. The van der Waals surface area contributed by atoms with Gasteiger partial charge < -0.3 is 15.2 Å². The lowest BCUT2D eigenvalue weighted by atomic mass is 10.0. The Morgan fingerprint density at radius 1 is 1.15 bits per heavy atom. The predicted octanol–water partition coefficient (Wildman–Crippen LogP) is 3.52. The molecule has 3 aliphatic rings. The van der Waals surface area contributed by atoms with Crippen molar-refractivity contribution in [3.05, 3.63) is 24.0 Å². The van der Waals surface area contributed by atoms with E-state index < -0.39 is 30.9 Å². The molecule has 2 aromatic rings. The van der Waals surface area contributed by atoms with Gasteiger partial charge in [-0.25, -0.2) is 13.8 Å². The Morgan fingerprint density at radius 3 is 2.48 bits per heavy atom. The van der Waals surface area contributed by atoms with Crippen LogP contribution in [0, 0.1) is 11.8 Å². The normalized spacial score (nSPS) is 27.7. The lowest BCUT2D eigenvalue weighted by molar-refractivity contribution is -0.274. The highest BCUT2D eigenvalue weighted by molar-refractivity contribution is 5.64. The average molecular weight is 473 g/mol. The molecule has 1 saturated heterocycles. The molecule has 1 aliphatic heterocycles. The van der Waals surface area contributed by atoms with Gasteiger partial charge in [0.05, 0.1) is 18.9 Å². The topological polar surface area (TPSA) is 78.4 Å². The largest absolute Gasteiger partial charge is 0.573 e. The summed E-state index contributed by atoms with van der Waals surface area (Å²) in [5, 5.41) is 4.28. The minimum atomic E-state index is -4.93. The van der Waals surface area contributed by atoms with Gasteiger partial charge in [-0.15, -0.1) is 13.2 Å². The van der Waals surface area contributed by atoms with E-state index in [1.807, 2.05) is 0 Å². The Labute approximate surface area is 186 Å². The first-order chi connectivity index (χ1) is 15.7. The van der Waals surface area contributed by atoms with Gasteiger partial charge in [-0.05, 0) is 36.8 Å². The van der Waals surface area contributed by atoms with E-state index in [1.54, 1.807) is 6.07 Å². The Kier molecular flexibility index (Phi) is 5.68. The number of fused-ring (bicyclic) bond motifs is 1. The van der Waals surface area contributed by atoms with Crippen molar-refractivity contribution in [3.8, 4) is 17.0 Å². The van der Waals surface area contributed by atoms with Crippen LogP contribution in [0.2, 0.25) is 0 Å². The Morgan fingerprint density at radius 2 is 1.85 bits per heavy atom. The van der Waals surface area contributed by atoms with Crippen molar-refractivity contribution < 1.29 is 31.4 Å². The van der Waals surface area contributed by atoms with Crippen molar-refractivity contribution in [2.45, 2.75) is 44.1 Å². The van der Waals surface area contributed by atoms with Crippen molar-refractivity contribution in [1.29, 1.82) is 0 Å². The molecular formula is C21H24F5N5O2. The van der Waals surface area contributed by atoms with Crippen LogP contribution in [-0.4, -0.2) is 64.8 Å². The number of pyridine rings is 1. The van der Waals surface area contributed by atoms with Gasteiger partial charge in [-0.3, -0.25) is 9.58 Å². The molecule has 0 bridgehead atoms. The maximum Gasteiger partial charge on any atom is 0.573 e. The SMILES string of the molecule is Nc1ncc(-c2cc(C3C4CC(N5CCOCC5)CC43)n(CC(F)F)n2)cc1OC(F)(F)F. The maximum absolute atomic E-state index is 13.2. The van der Waals surface area contributed by atoms with E-state index >= 15 is 0 Å². The Hall–Kier alpha value is -2.47. The third-order valence-electron chi connectivity index (χ3n) is 6.85. The van der Waals surface area contributed by atoms with Gasteiger partial charge in [0.15, 0.2) is 11.6 Å². The molecular weight excluding hydrogens is 449 g/mol. The van der Waals surface area contributed by atoms with Gasteiger partial charge in [-0.1, -0.05) is 0 Å². The summed E-state index contributed by atoms with van der Waals surface area (Å²) in [6, 6.07) is 3.24. The van der Waals surface area contributed by atoms with Crippen LogP contribution in [0.1, 0.15) is 24.5 Å². The number of morpholine rings is 1. The van der Waals surface area contributed by atoms with Crippen LogP contribution >= 0.6 is 0 Å². The summed E-state index contributed by atoms with van der Waals surface area (Å²) in [4.78, 5) is 6.20. The molecule has 2 N–H and O–H groups in total. The molecule has 0 aromatic carbocycles. The van der Waals surface area contributed by atoms with E-state index in [0.29, 0.717) is 23.6 Å². The number of nitrogen functional groups attached to an aromatic ring is 1. The number of hydrogen-bond donors (Lipinski definition) is 1. The summed E-state index contributed by atoms with van der Waals surface area (Å²) in [6.45, 7) is 2.71. The van der Waals surface area contributed by atoms with E-state index in [0.717, 1.165) is 45.2 Å². The zero-order valence-corrected chi connectivity index (χ0v) is 17.6. The van der Waals surface area contributed by atoms with Gasteiger partial charge in [0, 0.05) is 42.5 Å². The number of aromatic nitrogens is 3. The number of ether oxygens (including phenoxy) is 2. The molecule has 2 aliphatic carbocycles. The smallest absolute Gasteiger partial charge is 0.402 e. The van der Waals surface area contributed by atoms with Gasteiger partial charge in [0.2, 0.25) is 0 Å². The zero-order valence-electron chi connectivity index (χ0n) is 17.6. The second kappa shape index (κ2) is 8.39. The number of nitrogens with two attached hydrogens (primary N) is 1. The second-order valence-corrected chi connectivity index (χ2v) is 8.81. The first kappa shape index (κ1) is 22.3. The summed E-state index contributed by atoms with van der Waals surface area (Å²) in [7, 11) is 0. The predicted molar refractivity (Wildman–Crippen MR) is 108 cm³/mol. The fourth-order valence-corrected chi connectivity index (χ4v) is 5.41. The molecule has 2 atom stereocenters. The van der Waals surface area contributed by atoms with E-state index in [2.05, 4.69) is 19.7 Å². The highest BCUT2D eigenvalue weighted by Crippen LogP contribution is 2.64. The molecule has 2 saturated carbocycles. The minimum absolute atomic E-state index is 0.120. The molecule has 3 heterocycles. The Bertz CT molecular complexity index is 995. The van der Waals surface area contributed by atoms with Crippen molar-refractivity contribution in [3.63, 3.8) is 0 Å². The van der Waals surface area contributed by atoms with Crippen LogP contribution in [0.5, 0.6) is 5.75 Å². The molecule has 0 spiro atoms. The quantitative estimate of drug-likeness (QED) is 0.647. The molecule has 33 heavy (non-hydrogen) atoms. The molecule has 2 aromatic heterocycles. The fourth-order valence-electron chi connectivity index (χ4n) is 5.41. The number of rotatable bonds is 6. The summed E-state index contributed by atoms with van der Waals surface area (Å²) in [5.74, 6) is -0.161. The van der Waals surface area contributed by atoms with E-state index in [-0.39, 0.29) is 17.2 Å². The monoisotopic (exact) mass is 473 g/mol. The third-order valence-corrected chi connectivity index (χ3v) is 6.85. The van der Waals surface area contributed by atoms with Gasteiger partial charge in [0.25, 0.3) is 6.43 Å². The van der Waals surface area contributed by atoms with Gasteiger partial charge in [-0.2, -0.15) is 5.10 Å². The van der Waals surface area contributed by atoms with Crippen LogP contribution in [0.15, 0.2) is 18.3 Å². The van der Waals surface area contributed by atoms with Gasteiger partial charge >= 0.3 is 6.36 Å². The summed E-state index contributed by atoms with van der Waals surface area (Å²) >= 11 is 0. The van der Waals surface area contributed by atoms with Crippen molar-refractivity contribution in [2.24, 2.45) is 11.8 Å². The first-order valence-corrected chi connectivity index (χ1v) is 10.9. The van der Waals surface area contributed by atoms with Crippen LogP contribution in [0.25, 0.3) is 11.3 Å². The summed E-state index contributed by atoms with van der Waals surface area (Å²) in [5.41, 5.74) is 6.67. The standard InChI is InChI=1S/C21H24F5N5O2/c22-18(23)10-31-16(19-13-6-12(7-14(13)19)30-1-3-32-4-2-30)8-15(29-31)11-5-17(20(27)28-9-11)33-21(24,25)26/h5,8-9,12-14,18-19H,1-4,6-7,10H2,(H2,27,28). The highest BCUT2D eigenvalue weighted by atomic mass is 19.4. The number of nitrogens with zero attached hydrogens (tertiary/aromatic N) is 4. The zero-order chi connectivity index (χ0) is 23.3. The second-order valence-electron chi connectivity index (χ2n) is 8.81. The van der Waals surface area contributed by atoms with E-state index in [4.69, 9.17) is 10.5 Å². The molecule has 0 amide bonds. The van der Waals surface area contributed by atoms with E-state index in [1.165, 1.54) is 10.9 Å². The van der Waals surface area contributed by atoms with Crippen molar-refractivity contribution in [1.82, 2.24) is 19.7 Å². The maximum atomic E-state index is 13.2. The third kappa shape index (κ3) is 4.63. The number of anilines is 1. The highest BCUT2D eigenvalue weighted by Gasteiger charge is 2.58. The molecule has 12 heteroatoms. The van der Waals surface area contributed by atoms with Crippen molar-refractivity contribution in [2.75, 3.05) is 32.0 Å². The average Bonchev–Trinajstić information content (AvgIpc) is 3.09. The van der Waals surface area contributed by atoms with Crippen LogP contribution < -0.4 is 10.5 Å². The first-order valence-electron chi connectivity index (χ1n) is 10.9. The minimum Gasteiger partial charge on any atom is -0.402 e. The molecule has 180 valence electrons. The molecule has 3 fully saturated rings. The van der Waals surface area contributed by atoms with Gasteiger partial charge in [0.1, 0.15) is 6.54 Å². The number of alkyl halides is 5. The lowest BCUT2D eigenvalue weighted by Crippen LogP contribution is -2.43. The summed E-state index contributed by atoms with van der Waals surface area (Å²) in [6.07, 6.45) is -4.28. The fraction of sp³-hybridized carbons (Fsp3) is 0.619. The van der Waals surface area contributed by atoms with Crippen molar-refractivity contribution >= 4 is 5.82 Å². The molecule has 7 nitrogen and oxygen atoms in total. The van der Waals surface area contributed by atoms with Crippen LogP contribution in [-0.2, 0) is 11.3 Å². The Balaban J connectivity index is 1.37. The molecule has 0 radical (unpaired) electrons. The van der Waals surface area contributed by atoms with Crippen LogP contribution in [0.3, 0.4) is 0 Å². The van der Waals surface area contributed by atoms with E-state index in [9.17, 15) is 22.0 Å². The molecule has 5 rings (SSSR count). The number of halogens is 5. The van der Waals surface area contributed by atoms with Crippen LogP contribution in [0.4, 0.5) is 27.8 Å². The number of hydrogen-bond acceptors (Lipinski definition) is 6.